The Labute approximate surface area is 202 Å². The van der Waals surface area contributed by atoms with Gasteiger partial charge < -0.3 is 14.5 Å². The van der Waals surface area contributed by atoms with Crippen molar-refractivity contribution >= 4 is 44.9 Å². The van der Waals surface area contributed by atoms with Crippen LogP contribution >= 0.6 is 23.1 Å². The van der Waals surface area contributed by atoms with E-state index in [-0.39, 0.29) is 5.91 Å². The number of rotatable bonds is 6. The lowest BCUT2D eigenvalue weighted by atomic mass is 10.1. The summed E-state index contributed by atoms with van der Waals surface area (Å²) in [6.07, 6.45) is 0. The first-order valence-corrected chi connectivity index (χ1v) is 12.8. The average Bonchev–Trinajstić information content (AvgIpc) is 3.30. The lowest BCUT2D eigenvalue weighted by Crippen LogP contribution is -2.48. The van der Waals surface area contributed by atoms with Gasteiger partial charge in [0, 0.05) is 37.5 Å². The highest BCUT2D eigenvalue weighted by Crippen LogP contribution is 2.31. The molecule has 0 N–H and O–H groups in total. The molecular weight excluding hydrogens is 450 g/mol. The fourth-order valence-electron chi connectivity index (χ4n) is 4.03. The maximum Gasteiger partial charge on any atom is 0.253 e. The average molecular weight is 476 g/mol. The second-order valence-electron chi connectivity index (χ2n) is 7.88. The second kappa shape index (κ2) is 9.85. The van der Waals surface area contributed by atoms with Gasteiger partial charge in [-0.1, -0.05) is 48.2 Å². The van der Waals surface area contributed by atoms with Crippen molar-refractivity contribution in [3.05, 3.63) is 83.9 Å². The normalized spacial score (nSPS) is 14.0. The van der Waals surface area contributed by atoms with Crippen LogP contribution in [0.25, 0.3) is 10.2 Å². The van der Waals surface area contributed by atoms with Crippen LogP contribution in [0.15, 0.2) is 77.1 Å². The first-order valence-electron chi connectivity index (χ1n) is 11.0. The third-order valence-corrected chi connectivity index (χ3v) is 8.08. The zero-order valence-electron chi connectivity index (χ0n) is 18.4. The van der Waals surface area contributed by atoms with E-state index in [9.17, 15) is 4.79 Å². The maximum absolute atomic E-state index is 13.0. The summed E-state index contributed by atoms with van der Waals surface area (Å²) < 4.78 is 7.78. The number of aromatic nitrogens is 1. The predicted molar refractivity (Wildman–Crippen MR) is 137 cm³/mol. The molecule has 1 aliphatic rings. The smallest absolute Gasteiger partial charge is 0.253 e. The molecule has 1 amide bonds. The number of methoxy groups -OCH3 is 1. The highest BCUT2D eigenvalue weighted by molar-refractivity contribution is 8.00. The molecule has 0 spiro atoms. The molecule has 0 saturated carbocycles. The Hall–Kier alpha value is -3.03. The van der Waals surface area contributed by atoms with Crippen LogP contribution in [0, 0.1) is 0 Å². The number of carbonyl (C=O) groups is 1. The number of benzene rings is 3. The quantitative estimate of drug-likeness (QED) is 0.342. The number of amides is 1. The summed E-state index contributed by atoms with van der Waals surface area (Å²) in [5.74, 6) is 1.81. The molecular formula is C26H25N3O2S2. The van der Waals surface area contributed by atoms with Crippen LogP contribution in [0.5, 0.6) is 5.75 Å². The Morgan fingerprint density at radius 2 is 1.70 bits per heavy atom. The first kappa shape index (κ1) is 21.8. The number of hydrogen-bond donors (Lipinski definition) is 0. The minimum Gasteiger partial charge on any atom is -0.495 e. The van der Waals surface area contributed by atoms with Gasteiger partial charge in [0.2, 0.25) is 0 Å². The van der Waals surface area contributed by atoms with E-state index in [1.165, 1.54) is 10.3 Å². The molecule has 0 aliphatic carbocycles. The minimum absolute atomic E-state index is 0.0973. The fraction of sp³-hybridized carbons (Fsp3) is 0.231. The lowest BCUT2D eigenvalue weighted by molar-refractivity contribution is 0.0746. The molecule has 0 radical (unpaired) electrons. The molecule has 1 fully saturated rings. The van der Waals surface area contributed by atoms with Crippen LogP contribution in [0.2, 0.25) is 0 Å². The molecule has 168 valence electrons. The lowest BCUT2D eigenvalue weighted by Gasteiger charge is -2.36. The molecule has 0 unspecified atom stereocenters. The van der Waals surface area contributed by atoms with Gasteiger partial charge in [-0.15, -0.1) is 11.3 Å². The van der Waals surface area contributed by atoms with Crippen molar-refractivity contribution in [2.75, 3.05) is 38.2 Å². The molecule has 0 atom stereocenters. The Morgan fingerprint density at radius 3 is 2.45 bits per heavy atom. The highest BCUT2D eigenvalue weighted by atomic mass is 32.2. The Morgan fingerprint density at radius 1 is 0.970 bits per heavy atom. The second-order valence-corrected chi connectivity index (χ2v) is 10.1. The van der Waals surface area contributed by atoms with Crippen molar-refractivity contribution in [3.8, 4) is 5.75 Å². The number of nitrogens with zero attached hydrogens (tertiary/aromatic N) is 3. The van der Waals surface area contributed by atoms with E-state index in [2.05, 4.69) is 34.1 Å². The topological polar surface area (TPSA) is 45.7 Å². The molecule has 1 saturated heterocycles. The van der Waals surface area contributed by atoms with Crippen molar-refractivity contribution in [1.29, 1.82) is 0 Å². The Kier molecular flexibility index (Phi) is 6.51. The number of piperazine rings is 1. The van der Waals surface area contributed by atoms with Crippen LogP contribution in [0.4, 0.5) is 5.69 Å². The fourth-order valence-corrected chi connectivity index (χ4v) is 6.05. The molecule has 5 nitrogen and oxygen atoms in total. The van der Waals surface area contributed by atoms with Gasteiger partial charge >= 0.3 is 0 Å². The van der Waals surface area contributed by atoms with E-state index in [0.29, 0.717) is 13.1 Å². The molecule has 33 heavy (non-hydrogen) atoms. The van der Waals surface area contributed by atoms with Crippen LogP contribution in [0.3, 0.4) is 0 Å². The van der Waals surface area contributed by atoms with E-state index < -0.39 is 0 Å². The molecule has 3 aromatic carbocycles. The number of thioether (sulfide) groups is 1. The van der Waals surface area contributed by atoms with Crippen molar-refractivity contribution < 1.29 is 9.53 Å². The van der Waals surface area contributed by atoms with Crippen molar-refractivity contribution in [2.45, 2.75) is 10.1 Å². The van der Waals surface area contributed by atoms with Gasteiger partial charge in [-0.25, -0.2) is 4.98 Å². The zero-order valence-corrected chi connectivity index (χ0v) is 20.1. The zero-order chi connectivity index (χ0) is 22.6. The van der Waals surface area contributed by atoms with Gasteiger partial charge in [0.15, 0.2) is 4.34 Å². The van der Waals surface area contributed by atoms with Crippen molar-refractivity contribution in [1.82, 2.24) is 9.88 Å². The van der Waals surface area contributed by atoms with E-state index in [0.717, 1.165) is 45.7 Å². The Bertz CT molecular complexity index is 1210. The van der Waals surface area contributed by atoms with E-state index in [1.54, 1.807) is 30.2 Å². The van der Waals surface area contributed by atoms with Crippen LogP contribution in [-0.2, 0) is 5.75 Å². The molecule has 5 rings (SSSR count). The van der Waals surface area contributed by atoms with Crippen LogP contribution in [0.1, 0.15) is 15.9 Å². The van der Waals surface area contributed by atoms with E-state index in [4.69, 9.17) is 4.74 Å². The number of hydrogen-bond acceptors (Lipinski definition) is 6. The Balaban J connectivity index is 1.17. The summed E-state index contributed by atoms with van der Waals surface area (Å²) in [6.45, 7) is 2.99. The number of fused-ring (bicyclic) bond motifs is 1. The summed E-state index contributed by atoms with van der Waals surface area (Å²) >= 11 is 3.46. The van der Waals surface area contributed by atoms with Crippen LogP contribution < -0.4 is 9.64 Å². The number of ether oxygens (including phenoxy) is 1. The summed E-state index contributed by atoms with van der Waals surface area (Å²) in [5, 5.41) is 0. The van der Waals surface area contributed by atoms with Gasteiger partial charge in [-0.3, -0.25) is 4.79 Å². The molecule has 2 heterocycles. The first-order chi connectivity index (χ1) is 16.2. The monoisotopic (exact) mass is 475 g/mol. The number of para-hydroxylation sites is 3. The van der Waals surface area contributed by atoms with Gasteiger partial charge in [-0.2, -0.15) is 0 Å². The third kappa shape index (κ3) is 4.84. The largest absolute Gasteiger partial charge is 0.495 e. The SMILES string of the molecule is COc1ccccc1N1CCN(C(=O)c2ccc(CSc3nc4ccccc4s3)cc2)CC1. The summed E-state index contributed by atoms with van der Waals surface area (Å²) in [6, 6.07) is 24.3. The van der Waals surface area contributed by atoms with Gasteiger partial charge in [-0.05, 0) is 42.0 Å². The van der Waals surface area contributed by atoms with Gasteiger partial charge in [0.05, 0.1) is 23.0 Å². The molecule has 7 heteroatoms. The standard InChI is InChI=1S/C26H25N3O2S2/c1-31-23-8-4-3-7-22(23)28-14-16-29(17-15-28)25(30)20-12-10-19(11-13-20)18-32-26-27-21-6-2-5-9-24(21)33-26/h2-13H,14-18H2,1H3. The van der Waals surface area contributed by atoms with Crippen molar-refractivity contribution in [2.24, 2.45) is 0 Å². The molecule has 1 aromatic heterocycles. The predicted octanol–water partition coefficient (Wildman–Crippen LogP) is 5.56. The summed E-state index contributed by atoms with van der Waals surface area (Å²) in [7, 11) is 1.69. The third-order valence-electron chi connectivity index (χ3n) is 5.83. The van der Waals surface area contributed by atoms with Crippen LogP contribution in [-0.4, -0.2) is 49.1 Å². The van der Waals surface area contributed by atoms with Gasteiger partial charge in [0.1, 0.15) is 5.75 Å². The molecule has 1 aliphatic heterocycles. The molecule has 4 aromatic rings. The summed E-state index contributed by atoms with van der Waals surface area (Å²) in [5.41, 5.74) is 4.07. The molecule has 0 bridgehead atoms. The number of carbonyl (C=O) groups excluding carboxylic acids is 1. The van der Waals surface area contributed by atoms with Crippen molar-refractivity contribution in [3.63, 3.8) is 0 Å². The van der Waals surface area contributed by atoms with E-state index in [1.807, 2.05) is 53.4 Å². The number of thiazole rings is 1. The van der Waals surface area contributed by atoms with E-state index >= 15 is 0 Å². The summed E-state index contributed by atoms with van der Waals surface area (Å²) in [4.78, 5) is 21.9. The minimum atomic E-state index is 0.0973. The maximum atomic E-state index is 13.0. The highest BCUT2D eigenvalue weighted by Gasteiger charge is 2.23. The van der Waals surface area contributed by atoms with Gasteiger partial charge in [0.25, 0.3) is 5.91 Å². The number of anilines is 1.